The summed E-state index contributed by atoms with van der Waals surface area (Å²) >= 11 is 0. The van der Waals surface area contributed by atoms with Gasteiger partial charge in [0.15, 0.2) is 0 Å². The minimum absolute atomic E-state index is 0.0827. The van der Waals surface area contributed by atoms with Gasteiger partial charge in [-0.05, 0) is 12.8 Å². The van der Waals surface area contributed by atoms with Crippen molar-refractivity contribution in [1.82, 2.24) is 15.0 Å². The van der Waals surface area contributed by atoms with Gasteiger partial charge in [0.05, 0.1) is 6.61 Å². The van der Waals surface area contributed by atoms with E-state index in [4.69, 9.17) is 10.8 Å². The molecular weight excluding hydrogens is 220 g/mol. The van der Waals surface area contributed by atoms with Crippen LogP contribution in [0.1, 0.15) is 12.8 Å². The molecular formula is C10H18N6O. The maximum atomic E-state index is 9.07. The average Bonchev–Trinajstić information content (AvgIpc) is 3.08. The first-order valence-electron chi connectivity index (χ1n) is 5.68. The number of nitrogens with zero attached hydrogens (tertiary/aromatic N) is 5. The van der Waals surface area contributed by atoms with Crippen molar-refractivity contribution in [3.05, 3.63) is 0 Å². The second-order valence-corrected chi connectivity index (χ2v) is 4.34. The Labute approximate surface area is 100 Å². The van der Waals surface area contributed by atoms with Crippen molar-refractivity contribution in [2.75, 3.05) is 42.8 Å². The molecule has 3 N–H and O–H groups in total. The quantitative estimate of drug-likeness (QED) is 0.713. The number of nitrogen functional groups attached to an aromatic ring is 1. The summed E-state index contributed by atoms with van der Waals surface area (Å²) in [6.45, 7) is 0.611. The third-order valence-electron chi connectivity index (χ3n) is 2.61. The molecule has 1 heterocycles. The van der Waals surface area contributed by atoms with E-state index in [2.05, 4.69) is 15.0 Å². The first kappa shape index (κ1) is 11.8. The minimum Gasteiger partial charge on any atom is -0.395 e. The zero-order chi connectivity index (χ0) is 12.4. The third-order valence-corrected chi connectivity index (χ3v) is 2.61. The molecule has 1 fully saturated rings. The number of aliphatic hydroxyl groups excluding tert-OH is 1. The lowest BCUT2D eigenvalue weighted by Gasteiger charge is -2.22. The summed E-state index contributed by atoms with van der Waals surface area (Å²) in [4.78, 5) is 16.3. The zero-order valence-corrected chi connectivity index (χ0v) is 10.2. The number of anilines is 3. The second-order valence-electron chi connectivity index (χ2n) is 4.34. The van der Waals surface area contributed by atoms with Crippen molar-refractivity contribution in [3.63, 3.8) is 0 Å². The molecule has 1 aliphatic carbocycles. The van der Waals surface area contributed by atoms with E-state index >= 15 is 0 Å². The summed E-state index contributed by atoms with van der Waals surface area (Å²) in [7, 11) is 3.71. The van der Waals surface area contributed by atoms with Crippen LogP contribution in [0.3, 0.4) is 0 Å². The molecule has 1 aliphatic rings. The van der Waals surface area contributed by atoms with Gasteiger partial charge in [0.25, 0.3) is 0 Å². The van der Waals surface area contributed by atoms with Gasteiger partial charge in [-0.25, -0.2) is 0 Å². The van der Waals surface area contributed by atoms with Crippen molar-refractivity contribution in [3.8, 4) is 0 Å². The fraction of sp³-hybridized carbons (Fsp3) is 0.700. The van der Waals surface area contributed by atoms with Gasteiger partial charge < -0.3 is 20.6 Å². The summed E-state index contributed by atoms with van der Waals surface area (Å²) in [6.07, 6.45) is 2.23. The van der Waals surface area contributed by atoms with E-state index in [0.717, 1.165) is 12.8 Å². The maximum absolute atomic E-state index is 9.07. The highest BCUT2D eigenvalue weighted by atomic mass is 16.3. The van der Waals surface area contributed by atoms with Crippen LogP contribution in [0.4, 0.5) is 17.8 Å². The first-order chi connectivity index (χ1) is 8.11. The summed E-state index contributed by atoms with van der Waals surface area (Å²) in [5.41, 5.74) is 5.67. The number of hydrogen-bond acceptors (Lipinski definition) is 7. The van der Waals surface area contributed by atoms with Crippen molar-refractivity contribution in [2.24, 2.45) is 0 Å². The summed E-state index contributed by atoms with van der Waals surface area (Å²) in [5.74, 6) is 1.30. The number of rotatable bonds is 5. The van der Waals surface area contributed by atoms with E-state index in [1.54, 1.807) is 4.90 Å². The predicted octanol–water partition coefficient (Wildman–Crippen LogP) is -0.519. The number of hydrogen-bond donors (Lipinski definition) is 2. The smallest absolute Gasteiger partial charge is 0.232 e. The third kappa shape index (κ3) is 2.73. The highest BCUT2D eigenvalue weighted by molar-refractivity contribution is 5.44. The number of nitrogens with two attached hydrogens (primary N) is 1. The van der Waals surface area contributed by atoms with E-state index in [1.165, 1.54) is 0 Å². The fourth-order valence-electron chi connectivity index (χ4n) is 1.64. The first-order valence-corrected chi connectivity index (χ1v) is 5.68. The molecule has 0 aromatic carbocycles. The Hall–Kier alpha value is -1.63. The van der Waals surface area contributed by atoms with Gasteiger partial charge in [0.1, 0.15) is 0 Å². The Morgan fingerprint density at radius 3 is 2.41 bits per heavy atom. The van der Waals surface area contributed by atoms with Crippen molar-refractivity contribution in [2.45, 2.75) is 18.9 Å². The van der Waals surface area contributed by atoms with Gasteiger partial charge >= 0.3 is 0 Å². The Kier molecular flexibility index (Phi) is 3.28. The zero-order valence-electron chi connectivity index (χ0n) is 10.2. The molecule has 0 unspecified atom stereocenters. The second kappa shape index (κ2) is 4.70. The Bertz CT molecular complexity index is 392. The standard InChI is InChI=1S/C10H18N6O/c1-15(2)9-12-8(11)13-10(14-9)16(5-6-17)7-3-4-7/h7,17H,3-6H2,1-2H3,(H2,11,12,13,14). The Morgan fingerprint density at radius 1 is 1.24 bits per heavy atom. The monoisotopic (exact) mass is 238 g/mol. The van der Waals surface area contributed by atoms with Crippen LogP contribution in [0.2, 0.25) is 0 Å². The van der Waals surface area contributed by atoms with Gasteiger partial charge in [0.2, 0.25) is 17.8 Å². The lowest BCUT2D eigenvalue weighted by Crippen LogP contribution is -2.31. The largest absolute Gasteiger partial charge is 0.395 e. The predicted molar refractivity (Wildman–Crippen MR) is 66.0 cm³/mol. The van der Waals surface area contributed by atoms with Crippen LogP contribution in [0.15, 0.2) is 0 Å². The highest BCUT2D eigenvalue weighted by Crippen LogP contribution is 2.30. The Morgan fingerprint density at radius 2 is 1.88 bits per heavy atom. The van der Waals surface area contributed by atoms with Crippen LogP contribution in [0.5, 0.6) is 0 Å². The van der Waals surface area contributed by atoms with Crippen molar-refractivity contribution in [1.29, 1.82) is 0 Å². The normalized spacial score (nSPS) is 14.8. The summed E-state index contributed by atoms with van der Waals surface area (Å²) < 4.78 is 0. The maximum Gasteiger partial charge on any atom is 0.232 e. The minimum atomic E-state index is 0.0827. The molecule has 0 aliphatic heterocycles. The molecule has 7 heteroatoms. The highest BCUT2D eigenvalue weighted by Gasteiger charge is 2.31. The SMILES string of the molecule is CN(C)c1nc(N)nc(N(CCO)C2CC2)n1. The molecule has 0 spiro atoms. The lowest BCUT2D eigenvalue weighted by molar-refractivity contribution is 0.300. The van der Waals surface area contributed by atoms with E-state index in [9.17, 15) is 0 Å². The molecule has 1 aromatic heterocycles. The summed E-state index contributed by atoms with van der Waals surface area (Å²) in [6, 6.07) is 0.430. The van der Waals surface area contributed by atoms with Gasteiger partial charge in [-0.15, -0.1) is 0 Å². The van der Waals surface area contributed by atoms with Gasteiger partial charge in [0, 0.05) is 26.7 Å². The number of aliphatic hydroxyl groups is 1. The summed E-state index contributed by atoms with van der Waals surface area (Å²) in [5, 5.41) is 9.07. The van der Waals surface area contributed by atoms with Crippen molar-refractivity contribution >= 4 is 17.8 Å². The molecule has 0 radical (unpaired) electrons. The molecule has 0 amide bonds. The molecule has 0 saturated heterocycles. The number of aromatic nitrogens is 3. The van der Waals surface area contributed by atoms with Gasteiger partial charge in [-0.1, -0.05) is 0 Å². The van der Waals surface area contributed by atoms with Crippen molar-refractivity contribution < 1.29 is 5.11 Å². The van der Waals surface area contributed by atoms with Crippen LogP contribution in [-0.2, 0) is 0 Å². The van der Waals surface area contributed by atoms with E-state index < -0.39 is 0 Å². The molecule has 1 saturated carbocycles. The van der Waals surface area contributed by atoms with Gasteiger partial charge in [-0.3, -0.25) is 0 Å². The molecule has 17 heavy (non-hydrogen) atoms. The molecule has 1 aromatic rings. The topological polar surface area (TPSA) is 91.4 Å². The van der Waals surface area contributed by atoms with Crippen LogP contribution in [-0.4, -0.2) is 53.3 Å². The molecule has 94 valence electrons. The molecule has 0 atom stereocenters. The average molecular weight is 238 g/mol. The molecule has 7 nitrogen and oxygen atoms in total. The Balaban J connectivity index is 2.28. The van der Waals surface area contributed by atoms with Crippen LogP contribution in [0, 0.1) is 0 Å². The fourth-order valence-corrected chi connectivity index (χ4v) is 1.64. The lowest BCUT2D eigenvalue weighted by atomic mass is 10.5. The molecule has 0 bridgehead atoms. The van der Waals surface area contributed by atoms with E-state index in [-0.39, 0.29) is 12.6 Å². The molecule has 2 rings (SSSR count). The van der Waals surface area contributed by atoms with E-state index in [1.807, 2.05) is 19.0 Å². The van der Waals surface area contributed by atoms with Crippen LogP contribution >= 0.6 is 0 Å². The van der Waals surface area contributed by atoms with Crippen LogP contribution < -0.4 is 15.5 Å². The van der Waals surface area contributed by atoms with Crippen LogP contribution in [0.25, 0.3) is 0 Å². The van der Waals surface area contributed by atoms with Gasteiger partial charge in [-0.2, -0.15) is 15.0 Å². The van der Waals surface area contributed by atoms with E-state index in [0.29, 0.717) is 24.5 Å².